The summed E-state index contributed by atoms with van der Waals surface area (Å²) in [6.07, 6.45) is 0. The number of hydrogen-bond acceptors (Lipinski definition) is 2. The van der Waals surface area contributed by atoms with Gasteiger partial charge in [0.05, 0.1) is 5.52 Å². The van der Waals surface area contributed by atoms with Gasteiger partial charge >= 0.3 is 0 Å². The number of pyridine rings is 1. The number of halogens is 1. The summed E-state index contributed by atoms with van der Waals surface area (Å²) in [6.45, 7) is 0. The maximum Gasteiger partial charge on any atom is 0.227 e. The summed E-state index contributed by atoms with van der Waals surface area (Å²) in [5, 5.41) is 5.60. The Morgan fingerprint density at radius 1 is 0.818 bits per heavy atom. The van der Waals surface area contributed by atoms with E-state index in [0.717, 1.165) is 37.1 Å². The van der Waals surface area contributed by atoms with E-state index in [2.05, 4.69) is 46.3 Å². The smallest absolute Gasteiger partial charge is 0.227 e. The van der Waals surface area contributed by atoms with Crippen LogP contribution < -0.4 is 0 Å². The Balaban J connectivity index is 2.05. The Morgan fingerprint density at radius 3 is 2.64 bits per heavy atom. The van der Waals surface area contributed by atoms with Gasteiger partial charge < -0.3 is 4.42 Å². The third-order valence-electron chi connectivity index (χ3n) is 4.13. The number of fused-ring (bicyclic) bond motifs is 6. The third-order valence-corrected chi connectivity index (χ3v) is 4.79. The summed E-state index contributed by atoms with van der Waals surface area (Å²) < 4.78 is 6.98. The second-order valence-corrected chi connectivity index (χ2v) is 6.27. The molecule has 5 aromatic rings. The molecule has 2 nitrogen and oxygen atoms in total. The fourth-order valence-corrected chi connectivity index (χ4v) is 3.67. The fraction of sp³-hybridized carbons (Fsp3) is 0. The molecule has 0 bridgehead atoms. The predicted molar refractivity (Wildman–Crippen MR) is 94.2 cm³/mol. The lowest BCUT2D eigenvalue weighted by atomic mass is 10.0. The molecule has 0 fully saturated rings. The standard InChI is InChI=1S/C19H10BrNO/c20-15-6-3-4-11-8-9-12-10-14-13-5-1-2-7-16(13)22-19(14)21-18(12)17(11)15/h1-10H. The molecule has 22 heavy (non-hydrogen) atoms. The van der Waals surface area contributed by atoms with Gasteiger partial charge in [0.1, 0.15) is 5.58 Å². The molecular formula is C19H10BrNO. The first kappa shape index (κ1) is 12.2. The lowest BCUT2D eigenvalue weighted by Crippen LogP contribution is -1.83. The number of rotatable bonds is 0. The molecule has 104 valence electrons. The highest BCUT2D eigenvalue weighted by Gasteiger charge is 2.12. The molecule has 2 heterocycles. The average molecular weight is 348 g/mol. The highest BCUT2D eigenvalue weighted by Crippen LogP contribution is 2.34. The van der Waals surface area contributed by atoms with Crippen molar-refractivity contribution in [3.05, 3.63) is 65.1 Å². The average Bonchev–Trinajstić information content (AvgIpc) is 2.90. The van der Waals surface area contributed by atoms with Crippen molar-refractivity contribution in [1.29, 1.82) is 0 Å². The van der Waals surface area contributed by atoms with E-state index < -0.39 is 0 Å². The highest BCUT2D eigenvalue weighted by atomic mass is 79.9. The minimum absolute atomic E-state index is 0.692. The van der Waals surface area contributed by atoms with E-state index in [1.165, 1.54) is 5.39 Å². The van der Waals surface area contributed by atoms with Gasteiger partial charge in [0.25, 0.3) is 0 Å². The van der Waals surface area contributed by atoms with Crippen LogP contribution in [0.4, 0.5) is 0 Å². The van der Waals surface area contributed by atoms with Gasteiger partial charge in [-0.1, -0.05) is 58.4 Å². The van der Waals surface area contributed by atoms with Gasteiger partial charge in [-0.2, -0.15) is 0 Å². The number of aromatic nitrogens is 1. The highest BCUT2D eigenvalue weighted by molar-refractivity contribution is 9.10. The zero-order valence-corrected chi connectivity index (χ0v) is 13.1. The van der Waals surface area contributed by atoms with Crippen molar-refractivity contribution in [2.75, 3.05) is 0 Å². The van der Waals surface area contributed by atoms with Crippen molar-refractivity contribution in [1.82, 2.24) is 4.98 Å². The molecule has 3 aromatic carbocycles. The lowest BCUT2D eigenvalue weighted by molar-refractivity contribution is 0.656. The number of para-hydroxylation sites is 1. The molecule has 3 heteroatoms. The van der Waals surface area contributed by atoms with Crippen molar-refractivity contribution >= 4 is 59.7 Å². The van der Waals surface area contributed by atoms with Gasteiger partial charge in [-0.15, -0.1) is 0 Å². The molecule has 0 aliphatic heterocycles. The topological polar surface area (TPSA) is 26.0 Å². The number of hydrogen-bond donors (Lipinski definition) is 0. The van der Waals surface area contributed by atoms with Crippen molar-refractivity contribution in [2.45, 2.75) is 0 Å². The van der Waals surface area contributed by atoms with E-state index in [4.69, 9.17) is 9.40 Å². The van der Waals surface area contributed by atoms with Crippen LogP contribution in [-0.4, -0.2) is 4.98 Å². The molecule has 2 aromatic heterocycles. The minimum atomic E-state index is 0.692. The Labute approximate surface area is 134 Å². The molecule has 0 radical (unpaired) electrons. The van der Waals surface area contributed by atoms with Crippen LogP contribution in [0.15, 0.2) is 69.6 Å². The lowest BCUT2D eigenvalue weighted by Gasteiger charge is -2.05. The number of furan rings is 1. The molecule has 0 spiro atoms. The van der Waals surface area contributed by atoms with E-state index in [0.29, 0.717) is 5.71 Å². The fourth-order valence-electron chi connectivity index (χ4n) is 3.10. The van der Waals surface area contributed by atoms with E-state index >= 15 is 0 Å². The molecular weight excluding hydrogens is 338 g/mol. The largest absolute Gasteiger partial charge is 0.438 e. The maximum absolute atomic E-state index is 5.92. The van der Waals surface area contributed by atoms with Gasteiger partial charge in [0.15, 0.2) is 0 Å². The van der Waals surface area contributed by atoms with Gasteiger partial charge in [-0.3, -0.25) is 0 Å². The third kappa shape index (κ3) is 1.57. The van der Waals surface area contributed by atoms with Crippen molar-refractivity contribution in [3.8, 4) is 0 Å². The van der Waals surface area contributed by atoms with Crippen LogP contribution in [0.1, 0.15) is 0 Å². The summed E-state index contributed by atoms with van der Waals surface area (Å²) in [4.78, 5) is 4.81. The Bertz CT molecular complexity index is 1190. The molecule has 0 atom stereocenters. The summed E-state index contributed by atoms with van der Waals surface area (Å²) in [6, 6.07) is 20.7. The van der Waals surface area contributed by atoms with Gasteiger partial charge in [-0.05, 0) is 23.6 Å². The number of benzene rings is 3. The van der Waals surface area contributed by atoms with E-state index in [1.807, 2.05) is 30.3 Å². The Morgan fingerprint density at radius 2 is 1.68 bits per heavy atom. The van der Waals surface area contributed by atoms with Crippen LogP contribution in [0.5, 0.6) is 0 Å². The van der Waals surface area contributed by atoms with Crippen LogP contribution in [0.3, 0.4) is 0 Å². The predicted octanol–water partition coefficient (Wildman–Crippen LogP) is 6.05. The molecule has 5 rings (SSSR count). The molecule has 0 amide bonds. The van der Waals surface area contributed by atoms with Crippen LogP contribution in [0.25, 0.3) is 43.7 Å². The monoisotopic (exact) mass is 347 g/mol. The second kappa shape index (κ2) is 4.31. The summed E-state index contributed by atoms with van der Waals surface area (Å²) in [5.74, 6) is 0. The first-order valence-electron chi connectivity index (χ1n) is 7.10. The van der Waals surface area contributed by atoms with Crippen molar-refractivity contribution in [2.24, 2.45) is 0 Å². The van der Waals surface area contributed by atoms with Gasteiger partial charge in [-0.25, -0.2) is 4.98 Å². The van der Waals surface area contributed by atoms with Gasteiger partial charge in [0, 0.05) is 26.0 Å². The Hall–Kier alpha value is -2.39. The number of nitrogens with zero attached hydrogens (tertiary/aromatic N) is 1. The van der Waals surface area contributed by atoms with Crippen molar-refractivity contribution in [3.63, 3.8) is 0 Å². The normalized spacial score (nSPS) is 11.9. The molecule has 0 unspecified atom stereocenters. The van der Waals surface area contributed by atoms with Crippen LogP contribution >= 0.6 is 15.9 Å². The molecule has 0 aliphatic rings. The second-order valence-electron chi connectivity index (χ2n) is 5.41. The summed E-state index contributed by atoms with van der Waals surface area (Å²) >= 11 is 3.65. The first-order chi connectivity index (χ1) is 10.8. The van der Waals surface area contributed by atoms with E-state index in [1.54, 1.807) is 0 Å². The SMILES string of the molecule is Brc1cccc2ccc3cc4c(nc3c12)oc1ccccc14. The van der Waals surface area contributed by atoms with Crippen LogP contribution in [0.2, 0.25) is 0 Å². The van der Waals surface area contributed by atoms with E-state index in [9.17, 15) is 0 Å². The molecule has 0 N–H and O–H groups in total. The molecule has 0 saturated carbocycles. The van der Waals surface area contributed by atoms with Crippen LogP contribution in [0, 0.1) is 0 Å². The summed E-state index contributed by atoms with van der Waals surface area (Å²) in [7, 11) is 0. The first-order valence-corrected chi connectivity index (χ1v) is 7.90. The Kier molecular flexibility index (Phi) is 2.38. The summed E-state index contributed by atoms with van der Waals surface area (Å²) in [5.41, 5.74) is 2.54. The minimum Gasteiger partial charge on any atom is -0.438 e. The van der Waals surface area contributed by atoms with Crippen LogP contribution in [-0.2, 0) is 0 Å². The van der Waals surface area contributed by atoms with E-state index in [-0.39, 0.29) is 0 Å². The zero-order chi connectivity index (χ0) is 14.7. The zero-order valence-electron chi connectivity index (χ0n) is 11.5. The quantitative estimate of drug-likeness (QED) is 0.318. The molecule has 0 aliphatic carbocycles. The van der Waals surface area contributed by atoms with Gasteiger partial charge in [0.2, 0.25) is 5.71 Å². The molecule has 0 saturated heterocycles. The maximum atomic E-state index is 5.92. The van der Waals surface area contributed by atoms with Crippen molar-refractivity contribution < 1.29 is 4.42 Å².